The predicted octanol–water partition coefficient (Wildman–Crippen LogP) is 2.52. The van der Waals surface area contributed by atoms with Crippen LogP contribution in [0.25, 0.3) is 0 Å². The summed E-state index contributed by atoms with van der Waals surface area (Å²) in [5, 5.41) is 0. The average Bonchev–Trinajstić information content (AvgIpc) is 2.28. The molecule has 88 valence electrons. The van der Waals surface area contributed by atoms with Crippen molar-refractivity contribution < 1.29 is 13.6 Å². The number of carbonyl (C=O) groups is 1. The molecule has 0 saturated carbocycles. The number of ketones is 1. The molecular weight excluding hydrogens is 212 g/mol. The number of Topliss-reactive ketones (excluding diaryl/α,β-unsaturated/α-hetero) is 1. The molecule has 0 radical (unpaired) electrons. The van der Waals surface area contributed by atoms with Crippen molar-refractivity contribution >= 4 is 5.78 Å². The van der Waals surface area contributed by atoms with Crippen LogP contribution in [0.1, 0.15) is 30.1 Å². The number of hydrogen-bond donors (Lipinski definition) is 1. The van der Waals surface area contributed by atoms with Crippen LogP contribution in [-0.4, -0.2) is 12.3 Å². The fraction of sp³-hybridized carbons (Fsp3) is 0.417. The van der Waals surface area contributed by atoms with Crippen LogP contribution in [0.5, 0.6) is 0 Å². The molecule has 1 unspecified atom stereocenters. The predicted molar refractivity (Wildman–Crippen MR) is 58.1 cm³/mol. The van der Waals surface area contributed by atoms with E-state index in [0.717, 1.165) is 18.2 Å². The molecule has 1 aromatic rings. The Morgan fingerprint density at radius 3 is 2.75 bits per heavy atom. The van der Waals surface area contributed by atoms with Crippen LogP contribution in [0, 0.1) is 17.6 Å². The number of halogens is 2. The first-order chi connectivity index (χ1) is 7.54. The van der Waals surface area contributed by atoms with Gasteiger partial charge in [0.25, 0.3) is 0 Å². The molecule has 0 fully saturated rings. The Morgan fingerprint density at radius 2 is 2.12 bits per heavy atom. The molecule has 2 nitrogen and oxygen atoms in total. The zero-order chi connectivity index (χ0) is 12.1. The number of benzene rings is 1. The Balaban J connectivity index is 2.69. The van der Waals surface area contributed by atoms with Gasteiger partial charge < -0.3 is 5.73 Å². The minimum atomic E-state index is -0.674. The maximum Gasteiger partial charge on any atom is 0.165 e. The van der Waals surface area contributed by atoms with E-state index in [-0.39, 0.29) is 23.7 Å². The fourth-order valence-electron chi connectivity index (χ4n) is 1.34. The van der Waals surface area contributed by atoms with Gasteiger partial charge in [0.1, 0.15) is 11.6 Å². The number of carbonyl (C=O) groups excluding carboxylic acids is 1. The Morgan fingerprint density at radius 1 is 1.44 bits per heavy atom. The van der Waals surface area contributed by atoms with E-state index in [1.807, 2.05) is 6.92 Å². The zero-order valence-electron chi connectivity index (χ0n) is 9.17. The first kappa shape index (κ1) is 12.8. The lowest BCUT2D eigenvalue weighted by Gasteiger charge is -2.07. The van der Waals surface area contributed by atoms with Crippen molar-refractivity contribution in [2.75, 3.05) is 6.54 Å². The Hall–Kier alpha value is -1.29. The summed E-state index contributed by atoms with van der Waals surface area (Å²) in [6, 6.07) is 2.90. The Kier molecular flexibility index (Phi) is 4.55. The molecule has 4 heteroatoms. The second kappa shape index (κ2) is 5.70. The van der Waals surface area contributed by atoms with Gasteiger partial charge in [0.2, 0.25) is 0 Å². The summed E-state index contributed by atoms with van der Waals surface area (Å²) in [6.45, 7) is 2.40. The third-order valence-corrected chi connectivity index (χ3v) is 2.50. The van der Waals surface area contributed by atoms with Crippen molar-refractivity contribution in [3.05, 3.63) is 35.4 Å². The van der Waals surface area contributed by atoms with E-state index in [9.17, 15) is 13.6 Å². The molecule has 0 saturated heterocycles. The highest BCUT2D eigenvalue weighted by molar-refractivity contribution is 5.96. The average molecular weight is 227 g/mol. The number of nitrogens with two attached hydrogens (primary N) is 1. The fourth-order valence-corrected chi connectivity index (χ4v) is 1.34. The minimum absolute atomic E-state index is 0.177. The van der Waals surface area contributed by atoms with Crippen LogP contribution in [0.2, 0.25) is 0 Å². The van der Waals surface area contributed by atoms with E-state index in [2.05, 4.69) is 0 Å². The van der Waals surface area contributed by atoms with Gasteiger partial charge in [-0.3, -0.25) is 4.79 Å². The third-order valence-electron chi connectivity index (χ3n) is 2.50. The summed E-state index contributed by atoms with van der Waals surface area (Å²) in [5.74, 6) is -1.44. The molecule has 0 heterocycles. The van der Waals surface area contributed by atoms with Gasteiger partial charge in [-0.1, -0.05) is 6.92 Å². The Bertz CT molecular complexity index is 379. The maximum atomic E-state index is 13.2. The first-order valence-electron chi connectivity index (χ1n) is 5.23. The smallest absolute Gasteiger partial charge is 0.165 e. The largest absolute Gasteiger partial charge is 0.330 e. The molecular formula is C12H15F2NO. The molecule has 0 aliphatic heterocycles. The highest BCUT2D eigenvalue weighted by atomic mass is 19.1. The van der Waals surface area contributed by atoms with E-state index in [1.54, 1.807) is 0 Å². The third kappa shape index (κ3) is 3.38. The SMILES string of the molecule is CC(CN)CCC(=O)c1cc(F)ccc1F. The van der Waals surface area contributed by atoms with Crippen molar-refractivity contribution in [3.63, 3.8) is 0 Å². The van der Waals surface area contributed by atoms with E-state index in [0.29, 0.717) is 13.0 Å². The van der Waals surface area contributed by atoms with Crippen LogP contribution in [0.4, 0.5) is 8.78 Å². The molecule has 1 rings (SSSR count). The molecule has 0 amide bonds. The van der Waals surface area contributed by atoms with Crippen LogP contribution in [-0.2, 0) is 0 Å². The lowest BCUT2D eigenvalue weighted by atomic mass is 10.00. The quantitative estimate of drug-likeness (QED) is 0.785. The summed E-state index contributed by atoms with van der Waals surface area (Å²) in [6.07, 6.45) is 0.782. The maximum absolute atomic E-state index is 13.2. The van der Waals surface area contributed by atoms with Crippen LogP contribution in [0.3, 0.4) is 0 Å². The molecule has 1 atom stereocenters. The van der Waals surface area contributed by atoms with Gasteiger partial charge in [0.15, 0.2) is 5.78 Å². The normalized spacial score (nSPS) is 12.5. The standard InChI is InChI=1S/C12H15F2NO/c1-8(7-15)2-5-12(16)10-6-9(13)3-4-11(10)14/h3-4,6,8H,2,5,7,15H2,1H3. The number of rotatable bonds is 5. The van der Waals surface area contributed by atoms with Gasteiger partial charge >= 0.3 is 0 Å². The summed E-state index contributed by atoms with van der Waals surface area (Å²) in [7, 11) is 0. The molecule has 16 heavy (non-hydrogen) atoms. The molecule has 0 spiro atoms. The zero-order valence-corrected chi connectivity index (χ0v) is 9.17. The summed E-state index contributed by atoms with van der Waals surface area (Å²) < 4.78 is 26.0. The van der Waals surface area contributed by atoms with Crippen molar-refractivity contribution in [2.24, 2.45) is 11.7 Å². The highest BCUT2D eigenvalue weighted by Crippen LogP contribution is 2.14. The van der Waals surface area contributed by atoms with Gasteiger partial charge in [-0.15, -0.1) is 0 Å². The van der Waals surface area contributed by atoms with Gasteiger partial charge in [-0.05, 0) is 37.1 Å². The van der Waals surface area contributed by atoms with Crippen molar-refractivity contribution in [2.45, 2.75) is 19.8 Å². The lowest BCUT2D eigenvalue weighted by Crippen LogP contribution is -2.13. The van der Waals surface area contributed by atoms with Gasteiger partial charge in [-0.2, -0.15) is 0 Å². The summed E-state index contributed by atoms with van der Waals surface area (Å²) >= 11 is 0. The van der Waals surface area contributed by atoms with Gasteiger partial charge in [0, 0.05) is 6.42 Å². The second-order valence-corrected chi connectivity index (χ2v) is 3.93. The van der Waals surface area contributed by atoms with E-state index in [4.69, 9.17) is 5.73 Å². The monoisotopic (exact) mass is 227 g/mol. The number of hydrogen-bond acceptors (Lipinski definition) is 2. The highest BCUT2D eigenvalue weighted by Gasteiger charge is 2.13. The van der Waals surface area contributed by atoms with E-state index >= 15 is 0 Å². The van der Waals surface area contributed by atoms with Crippen LogP contribution < -0.4 is 5.73 Å². The van der Waals surface area contributed by atoms with E-state index < -0.39 is 11.6 Å². The molecule has 0 aliphatic rings. The minimum Gasteiger partial charge on any atom is -0.330 e. The van der Waals surface area contributed by atoms with Crippen molar-refractivity contribution in [1.29, 1.82) is 0 Å². The van der Waals surface area contributed by atoms with Crippen LogP contribution in [0.15, 0.2) is 18.2 Å². The Labute approximate surface area is 93.5 Å². The topological polar surface area (TPSA) is 43.1 Å². The lowest BCUT2D eigenvalue weighted by molar-refractivity contribution is 0.0970. The molecule has 0 bridgehead atoms. The van der Waals surface area contributed by atoms with E-state index in [1.165, 1.54) is 0 Å². The molecule has 1 aromatic carbocycles. The van der Waals surface area contributed by atoms with Crippen molar-refractivity contribution in [1.82, 2.24) is 0 Å². The molecule has 0 aliphatic carbocycles. The molecule has 2 N–H and O–H groups in total. The van der Waals surface area contributed by atoms with Crippen LogP contribution >= 0.6 is 0 Å². The summed E-state index contributed by atoms with van der Waals surface area (Å²) in [4.78, 5) is 11.6. The van der Waals surface area contributed by atoms with Gasteiger partial charge in [-0.25, -0.2) is 8.78 Å². The first-order valence-corrected chi connectivity index (χ1v) is 5.23. The molecule has 0 aromatic heterocycles. The van der Waals surface area contributed by atoms with Gasteiger partial charge in [0.05, 0.1) is 5.56 Å². The van der Waals surface area contributed by atoms with Crippen molar-refractivity contribution in [3.8, 4) is 0 Å². The summed E-state index contributed by atoms with van der Waals surface area (Å²) in [5.41, 5.74) is 5.23. The second-order valence-electron chi connectivity index (χ2n) is 3.93.